The topological polar surface area (TPSA) is 46.6 Å². The van der Waals surface area contributed by atoms with Gasteiger partial charge >= 0.3 is 0 Å². The maximum Gasteiger partial charge on any atom is 0.277 e. The smallest absolute Gasteiger partial charge is 0.276 e. The van der Waals surface area contributed by atoms with Crippen molar-refractivity contribution in [3.63, 3.8) is 0 Å². The molecule has 5 heteroatoms. The summed E-state index contributed by atoms with van der Waals surface area (Å²) in [6, 6.07) is 22.9. The normalized spacial score (nSPS) is 11.0. The molecule has 0 atom stereocenters. The van der Waals surface area contributed by atoms with Gasteiger partial charge in [0.1, 0.15) is 0 Å². The minimum atomic E-state index is -0.499. The van der Waals surface area contributed by atoms with E-state index in [0.717, 1.165) is 32.7 Å². The largest absolute Gasteiger partial charge is 0.277 e. The molecule has 0 heterocycles. The van der Waals surface area contributed by atoms with E-state index in [-0.39, 0.29) is 5.91 Å². The molecule has 0 N–H and O–H groups in total. The highest BCUT2D eigenvalue weighted by atomic mass is 35.5. The SMILES string of the molecule is CON(C)C(=O)c1cccc2ccc(-c3cc(C(=O)Cl)c4ccccc4c3)cc12. The van der Waals surface area contributed by atoms with E-state index in [0.29, 0.717) is 11.1 Å². The lowest BCUT2D eigenvalue weighted by Gasteiger charge is -2.16. The van der Waals surface area contributed by atoms with E-state index >= 15 is 0 Å². The van der Waals surface area contributed by atoms with Gasteiger partial charge in [-0.1, -0.05) is 48.5 Å². The van der Waals surface area contributed by atoms with Crippen molar-refractivity contribution in [1.82, 2.24) is 5.06 Å². The number of nitrogens with zero attached hydrogens (tertiary/aromatic N) is 1. The maximum absolute atomic E-state index is 12.7. The highest BCUT2D eigenvalue weighted by molar-refractivity contribution is 6.68. The van der Waals surface area contributed by atoms with Gasteiger partial charge in [0, 0.05) is 18.2 Å². The predicted molar refractivity (Wildman–Crippen MR) is 116 cm³/mol. The summed E-state index contributed by atoms with van der Waals surface area (Å²) >= 11 is 5.85. The number of amides is 1. The molecular weight excluding hydrogens is 386 g/mol. The summed E-state index contributed by atoms with van der Waals surface area (Å²) in [4.78, 5) is 29.8. The van der Waals surface area contributed by atoms with Gasteiger partial charge in [-0.3, -0.25) is 14.4 Å². The zero-order valence-electron chi connectivity index (χ0n) is 16.0. The van der Waals surface area contributed by atoms with E-state index in [2.05, 4.69) is 0 Å². The molecule has 0 radical (unpaired) electrons. The molecule has 0 saturated heterocycles. The van der Waals surface area contributed by atoms with Crippen LogP contribution >= 0.6 is 11.6 Å². The number of halogens is 1. The first-order valence-corrected chi connectivity index (χ1v) is 9.45. The van der Waals surface area contributed by atoms with Gasteiger partial charge < -0.3 is 0 Å². The van der Waals surface area contributed by atoms with E-state index < -0.39 is 5.24 Å². The van der Waals surface area contributed by atoms with Gasteiger partial charge in [0.25, 0.3) is 11.1 Å². The standard InChI is InChI=1S/C24H18ClNO3/c1-26(29-2)24(28)20-9-5-7-15-10-11-16(13-21(15)20)18-12-17-6-3-4-8-19(17)22(14-18)23(25)27/h3-14H,1-2H3. The van der Waals surface area contributed by atoms with Crippen molar-refractivity contribution in [3.8, 4) is 11.1 Å². The molecule has 29 heavy (non-hydrogen) atoms. The third-order valence-electron chi connectivity index (χ3n) is 5.08. The lowest BCUT2D eigenvalue weighted by molar-refractivity contribution is -0.0755. The van der Waals surface area contributed by atoms with Crippen LogP contribution < -0.4 is 0 Å². The van der Waals surface area contributed by atoms with Crippen LogP contribution in [0, 0.1) is 0 Å². The third kappa shape index (κ3) is 3.48. The summed E-state index contributed by atoms with van der Waals surface area (Å²) in [5, 5.41) is 4.19. The minimum Gasteiger partial charge on any atom is -0.276 e. The summed E-state index contributed by atoms with van der Waals surface area (Å²) < 4.78 is 0. The van der Waals surface area contributed by atoms with Gasteiger partial charge in [-0.05, 0) is 68.5 Å². The van der Waals surface area contributed by atoms with E-state index in [9.17, 15) is 9.59 Å². The lowest BCUT2D eigenvalue weighted by Crippen LogP contribution is -2.25. The Labute approximate surface area is 173 Å². The fourth-order valence-electron chi connectivity index (χ4n) is 3.53. The van der Waals surface area contributed by atoms with Crippen molar-refractivity contribution >= 4 is 44.3 Å². The van der Waals surface area contributed by atoms with Gasteiger partial charge in [0.05, 0.1) is 7.11 Å². The van der Waals surface area contributed by atoms with E-state index in [1.54, 1.807) is 19.2 Å². The maximum atomic E-state index is 12.7. The Kier molecular flexibility index (Phi) is 5.05. The first-order chi connectivity index (χ1) is 14.0. The number of carbonyl (C=O) groups excluding carboxylic acids is 2. The Hall–Kier alpha value is -3.21. The molecule has 4 rings (SSSR count). The summed E-state index contributed by atoms with van der Waals surface area (Å²) in [6.07, 6.45) is 0. The number of benzene rings is 4. The summed E-state index contributed by atoms with van der Waals surface area (Å²) in [7, 11) is 3.03. The van der Waals surface area contributed by atoms with Crippen LogP contribution in [-0.2, 0) is 4.84 Å². The number of rotatable bonds is 4. The molecule has 0 aliphatic heterocycles. The highest BCUT2D eigenvalue weighted by Crippen LogP contribution is 2.32. The van der Waals surface area contributed by atoms with Crippen molar-refractivity contribution in [2.75, 3.05) is 14.2 Å². The summed E-state index contributed by atoms with van der Waals surface area (Å²) in [5.41, 5.74) is 2.76. The second kappa shape index (κ2) is 7.66. The Bertz CT molecular complexity index is 1270. The van der Waals surface area contributed by atoms with E-state index in [1.807, 2.05) is 60.7 Å². The molecule has 144 valence electrons. The van der Waals surface area contributed by atoms with Gasteiger partial charge in [-0.25, -0.2) is 5.06 Å². The lowest BCUT2D eigenvalue weighted by atomic mass is 9.94. The van der Waals surface area contributed by atoms with Crippen molar-refractivity contribution in [2.24, 2.45) is 0 Å². The summed E-state index contributed by atoms with van der Waals surface area (Å²) in [5.74, 6) is -0.231. The average Bonchev–Trinajstić information content (AvgIpc) is 2.76. The fraction of sp³-hybridized carbons (Fsp3) is 0.0833. The van der Waals surface area contributed by atoms with Crippen LogP contribution in [0.15, 0.2) is 72.8 Å². The van der Waals surface area contributed by atoms with Gasteiger partial charge in [-0.2, -0.15) is 0 Å². The molecule has 0 bridgehead atoms. The van der Waals surface area contributed by atoms with Gasteiger partial charge in [0.15, 0.2) is 0 Å². The Morgan fingerprint density at radius 3 is 2.31 bits per heavy atom. The number of carbonyl (C=O) groups is 2. The van der Waals surface area contributed by atoms with Crippen LogP contribution in [-0.4, -0.2) is 30.4 Å². The molecule has 0 saturated carbocycles. The summed E-state index contributed by atoms with van der Waals surface area (Å²) in [6.45, 7) is 0. The van der Waals surface area contributed by atoms with Crippen LogP contribution in [0.5, 0.6) is 0 Å². The number of hydrogen-bond donors (Lipinski definition) is 0. The monoisotopic (exact) mass is 403 g/mol. The average molecular weight is 404 g/mol. The van der Waals surface area contributed by atoms with E-state index in [4.69, 9.17) is 16.4 Å². The molecule has 4 aromatic rings. The zero-order chi connectivity index (χ0) is 20.5. The second-order valence-corrected chi connectivity index (χ2v) is 7.09. The van der Waals surface area contributed by atoms with Crippen LogP contribution in [0.3, 0.4) is 0 Å². The molecule has 0 fully saturated rings. The fourth-order valence-corrected chi connectivity index (χ4v) is 3.69. The molecule has 0 aliphatic carbocycles. The molecule has 4 nitrogen and oxygen atoms in total. The molecule has 0 spiro atoms. The quantitative estimate of drug-likeness (QED) is 0.325. The Morgan fingerprint density at radius 2 is 1.55 bits per heavy atom. The molecule has 0 aliphatic rings. The third-order valence-corrected chi connectivity index (χ3v) is 5.28. The van der Waals surface area contributed by atoms with E-state index in [1.165, 1.54) is 12.2 Å². The van der Waals surface area contributed by atoms with Crippen LogP contribution in [0.2, 0.25) is 0 Å². The van der Waals surface area contributed by atoms with Crippen LogP contribution in [0.25, 0.3) is 32.7 Å². The van der Waals surface area contributed by atoms with Crippen molar-refractivity contribution in [2.45, 2.75) is 0 Å². The van der Waals surface area contributed by atoms with Crippen molar-refractivity contribution in [1.29, 1.82) is 0 Å². The van der Waals surface area contributed by atoms with Gasteiger partial charge in [-0.15, -0.1) is 0 Å². The number of fused-ring (bicyclic) bond motifs is 2. The highest BCUT2D eigenvalue weighted by Gasteiger charge is 2.16. The molecule has 1 amide bonds. The van der Waals surface area contributed by atoms with Crippen molar-refractivity contribution < 1.29 is 14.4 Å². The number of hydrogen-bond acceptors (Lipinski definition) is 3. The molecule has 0 unspecified atom stereocenters. The molecule has 4 aromatic carbocycles. The van der Waals surface area contributed by atoms with Gasteiger partial charge in [0.2, 0.25) is 0 Å². The van der Waals surface area contributed by atoms with Crippen LogP contribution in [0.4, 0.5) is 0 Å². The first kappa shape index (κ1) is 19.1. The number of hydroxylamine groups is 2. The predicted octanol–water partition coefficient (Wildman–Crippen LogP) is 5.67. The molecule has 0 aromatic heterocycles. The zero-order valence-corrected chi connectivity index (χ0v) is 16.7. The first-order valence-electron chi connectivity index (χ1n) is 9.07. The molecular formula is C24H18ClNO3. The Morgan fingerprint density at radius 1 is 0.793 bits per heavy atom. The minimum absolute atomic E-state index is 0.231. The second-order valence-electron chi connectivity index (χ2n) is 6.75. The van der Waals surface area contributed by atoms with Crippen LogP contribution in [0.1, 0.15) is 20.7 Å². The Balaban J connectivity index is 1.93. The van der Waals surface area contributed by atoms with Crippen molar-refractivity contribution in [3.05, 3.63) is 83.9 Å².